The number of nitrogens with zero attached hydrogens (tertiary/aromatic N) is 1. The van der Waals surface area contributed by atoms with Crippen LogP contribution in [0.2, 0.25) is 0 Å². The number of nitrogens with two attached hydrogens (primary N) is 1. The van der Waals surface area contributed by atoms with E-state index in [0.717, 1.165) is 45.4 Å². The third-order valence-electron chi connectivity index (χ3n) is 4.26. The molecule has 0 atom stereocenters. The number of hydrogen-bond acceptors (Lipinski definition) is 4. The Bertz CT molecular complexity index is 226. The van der Waals surface area contributed by atoms with Crippen LogP contribution in [0.1, 0.15) is 39.5 Å². The Kier molecular flexibility index (Phi) is 6.57. The number of hydrogen-bond donors (Lipinski definition) is 1. The standard InChI is InChI=1S/C14H30N2O2/c1-12(2)18-10-9-16(3)14(11-15)7-5-13(17-4)6-8-14/h12-13H,5-11,15H2,1-4H3. The average molecular weight is 258 g/mol. The minimum absolute atomic E-state index is 0.148. The van der Waals surface area contributed by atoms with Crippen LogP contribution in [0, 0.1) is 0 Å². The number of methoxy groups -OCH3 is 1. The van der Waals surface area contributed by atoms with Crippen LogP contribution in [-0.4, -0.2) is 56.5 Å². The van der Waals surface area contributed by atoms with Gasteiger partial charge in [-0.1, -0.05) is 0 Å². The minimum Gasteiger partial charge on any atom is -0.381 e. The monoisotopic (exact) mass is 258 g/mol. The molecule has 0 radical (unpaired) electrons. The minimum atomic E-state index is 0.148. The van der Waals surface area contributed by atoms with Crippen LogP contribution in [0.15, 0.2) is 0 Å². The van der Waals surface area contributed by atoms with E-state index in [0.29, 0.717) is 12.2 Å². The predicted octanol–water partition coefficient (Wildman–Crippen LogP) is 1.63. The lowest BCUT2D eigenvalue weighted by Gasteiger charge is -2.45. The molecule has 0 heterocycles. The van der Waals surface area contributed by atoms with Crippen molar-refractivity contribution in [3.05, 3.63) is 0 Å². The molecule has 1 fully saturated rings. The second kappa shape index (κ2) is 7.43. The van der Waals surface area contributed by atoms with E-state index < -0.39 is 0 Å². The summed E-state index contributed by atoms with van der Waals surface area (Å²) in [5.74, 6) is 0. The van der Waals surface area contributed by atoms with E-state index in [-0.39, 0.29) is 5.54 Å². The molecule has 4 nitrogen and oxygen atoms in total. The summed E-state index contributed by atoms with van der Waals surface area (Å²) < 4.78 is 11.1. The first-order chi connectivity index (χ1) is 8.54. The fraction of sp³-hybridized carbons (Fsp3) is 1.00. The topological polar surface area (TPSA) is 47.7 Å². The van der Waals surface area contributed by atoms with Crippen molar-refractivity contribution in [2.75, 3.05) is 33.9 Å². The van der Waals surface area contributed by atoms with Gasteiger partial charge < -0.3 is 15.2 Å². The van der Waals surface area contributed by atoms with Gasteiger partial charge in [-0.05, 0) is 46.6 Å². The van der Waals surface area contributed by atoms with Crippen LogP contribution in [0.3, 0.4) is 0 Å². The fourth-order valence-corrected chi connectivity index (χ4v) is 2.77. The van der Waals surface area contributed by atoms with Gasteiger partial charge in [0.2, 0.25) is 0 Å². The molecule has 1 rings (SSSR count). The summed E-state index contributed by atoms with van der Waals surface area (Å²) in [6, 6.07) is 0. The lowest BCUT2D eigenvalue weighted by Crippen LogP contribution is -2.55. The highest BCUT2D eigenvalue weighted by molar-refractivity contribution is 4.95. The molecule has 108 valence electrons. The molecule has 1 aliphatic carbocycles. The zero-order valence-electron chi connectivity index (χ0n) is 12.4. The van der Waals surface area contributed by atoms with Crippen LogP contribution in [0.5, 0.6) is 0 Å². The first-order valence-electron chi connectivity index (χ1n) is 7.10. The normalized spacial score (nSPS) is 29.2. The molecule has 2 N–H and O–H groups in total. The lowest BCUT2D eigenvalue weighted by molar-refractivity contribution is -0.0132. The van der Waals surface area contributed by atoms with Crippen LogP contribution >= 0.6 is 0 Å². The van der Waals surface area contributed by atoms with Gasteiger partial charge in [0.25, 0.3) is 0 Å². The first-order valence-corrected chi connectivity index (χ1v) is 7.10. The predicted molar refractivity (Wildman–Crippen MR) is 74.8 cm³/mol. The lowest BCUT2D eigenvalue weighted by atomic mass is 9.79. The second-order valence-corrected chi connectivity index (χ2v) is 5.70. The van der Waals surface area contributed by atoms with Gasteiger partial charge in [0, 0.05) is 25.7 Å². The van der Waals surface area contributed by atoms with Crippen LogP contribution in [0.25, 0.3) is 0 Å². The summed E-state index contributed by atoms with van der Waals surface area (Å²) in [7, 11) is 3.98. The summed E-state index contributed by atoms with van der Waals surface area (Å²) in [6.45, 7) is 6.60. The summed E-state index contributed by atoms with van der Waals surface area (Å²) in [4.78, 5) is 2.39. The third kappa shape index (κ3) is 4.19. The highest BCUT2D eigenvalue weighted by atomic mass is 16.5. The number of ether oxygens (including phenoxy) is 2. The molecule has 4 heteroatoms. The number of rotatable bonds is 7. The SMILES string of the molecule is COC1CCC(CN)(N(C)CCOC(C)C)CC1. The smallest absolute Gasteiger partial charge is 0.0597 e. The molecule has 0 aromatic rings. The van der Waals surface area contributed by atoms with Crippen molar-refractivity contribution in [2.45, 2.75) is 57.3 Å². The van der Waals surface area contributed by atoms with Crippen molar-refractivity contribution in [3.63, 3.8) is 0 Å². The van der Waals surface area contributed by atoms with Gasteiger partial charge in [0.1, 0.15) is 0 Å². The molecular formula is C14H30N2O2. The van der Waals surface area contributed by atoms with Crippen LogP contribution < -0.4 is 5.73 Å². The molecule has 0 unspecified atom stereocenters. The molecule has 0 spiro atoms. The molecule has 18 heavy (non-hydrogen) atoms. The largest absolute Gasteiger partial charge is 0.381 e. The average Bonchev–Trinajstić information content (AvgIpc) is 2.38. The van der Waals surface area contributed by atoms with Crippen molar-refractivity contribution in [2.24, 2.45) is 5.73 Å². The maximum Gasteiger partial charge on any atom is 0.0597 e. The van der Waals surface area contributed by atoms with Gasteiger partial charge in [0.05, 0.1) is 18.8 Å². The van der Waals surface area contributed by atoms with Gasteiger partial charge in [-0.25, -0.2) is 0 Å². The Morgan fingerprint density at radius 1 is 1.33 bits per heavy atom. The summed E-state index contributed by atoms with van der Waals surface area (Å²) >= 11 is 0. The summed E-state index contributed by atoms with van der Waals surface area (Å²) in [5, 5.41) is 0. The number of likely N-dealkylation sites (N-methyl/N-ethyl adjacent to an activating group) is 1. The molecule has 1 aliphatic rings. The molecular weight excluding hydrogens is 228 g/mol. The molecule has 0 saturated heterocycles. The Labute approximate surface area is 112 Å². The van der Waals surface area contributed by atoms with Gasteiger partial charge >= 0.3 is 0 Å². The molecule has 0 amide bonds. The van der Waals surface area contributed by atoms with Crippen LogP contribution in [0.4, 0.5) is 0 Å². The quantitative estimate of drug-likeness (QED) is 0.754. The Hall–Kier alpha value is -0.160. The highest BCUT2D eigenvalue weighted by Gasteiger charge is 2.37. The Balaban J connectivity index is 2.44. The third-order valence-corrected chi connectivity index (χ3v) is 4.26. The fourth-order valence-electron chi connectivity index (χ4n) is 2.77. The molecule has 0 aromatic heterocycles. The van der Waals surface area contributed by atoms with E-state index in [1.54, 1.807) is 7.11 Å². The van der Waals surface area contributed by atoms with E-state index in [2.05, 4.69) is 25.8 Å². The van der Waals surface area contributed by atoms with Crippen molar-refractivity contribution >= 4 is 0 Å². The first kappa shape index (κ1) is 15.9. The maximum atomic E-state index is 6.03. The van der Waals surface area contributed by atoms with Gasteiger partial charge in [-0.2, -0.15) is 0 Å². The molecule has 0 aliphatic heterocycles. The van der Waals surface area contributed by atoms with Gasteiger partial charge in [-0.3, -0.25) is 4.90 Å². The summed E-state index contributed by atoms with van der Waals surface area (Å²) in [5.41, 5.74) is 6.18. The van der Waals surface area contributed by atoms with E-state index in [4.69, 9.17) is 15.2 Å². The Morgan fingerprint density at radius 3 is 2.39 bits per heavy atom. The van der Waals surface area contributed by atoms with E-state index >= 15 is 0 Å². The van der Waals surface area contributed by atoms with Crippen molar-refractivity contribution in [3.8, 4) is 0 Å². The molecule has 1 saturated carbocycles. The van der Waals surface area contributed by atoms with Crippen LogP contribution in [-0.2, 0) is 9.47 Å². The van der Waals surface area contributed by atoms with Crippen molar-refractivity contribution < 1.29 is 9.47 Å². The highest BCUT2D eigenvalue weighted by Crippen LogP contribution is 2.33. The zero-order valence-corrected chi connectivity index (χ0v) is 12.4. The van der Waals surface area contributed by atoms with Crippen molar-refractivity contribution in [1.82, 2.24) is 4.90 Å². The van der Waals surface area contributed by atoms with Gasteiger partial charge in [-0.15, -0.1) is 0 Å². The van der Waals surface area contributed by atoms with E-state index in [1.807, 2.05) is 0 Å². The maximum absolute atomic E-state index is 6.03. The van der Waals surface area contributed by atoms with Gasteiger partial charge in [0.15, 0.2) is 0 Å². The zero-order chi connectivity index (χ0) is 13.6. The summed E-state index contributed by atoms with van der Waals surface area (Å²) in [6.07, 6.45) is 5.20. The van der Waals surface area contributed by atoms with E-state index in [1.165, 1.54) is 0 Å². The van der Waals surface area contributed by atoms with E-state index in [9.17, 15) is 0 Å². The van der Waals surface area contributed by atoms with Crippen molar-refractivity contribution in [1.29, 1.82) is 0 Å². The molecule has 0 aromatic carbocycles. The second-order valence-electron chi connectivity index (χ2n) is 5.70. The Morgan fingerprint density at radius 2 is 1.94 bits per heavy atom. The molecule has 0 bridgehead atoms.